The summed E-state index contributed by atoms with van der Waals surface area (Å²) in [5.41, 5.74) is -0.467. The number of carbonyl (C=O) groups excluding carboxylic acids is 1. The van der Waals surface area contributed by atoms with E-state index in [9.17, 15) is 19.1 Å². The largest absolute Gasteiger partial charge is 0.480 e. The highest BCUT2D eigenvalue weighted by molar-refractivity contribution is 5.94. The molecule has 0 aliphatic heterocycles. The van der Waals surface area contributed by atoms with Gasteiger partial charge in [0.2, 0.25) is 0 Å². The second kappa shape index (κ2) is 6.11. The lowest BCUT2D eigenvalue weighted by atomic mass is 9.82. The summed E-state index contributed by atoms with van der Waals surface area (Å²) in [4.78, 5) is 23.4. The van der Waals surface area contributed by atoms with Crippen LogP contribution in [0.2, 0.25) is 0 Å². The zero-order valence-electron chi connectivity index (χ0n) is 11.9. The van der Waals surface area contributed by atoms with Crippen LogP contribution in [0.1, 0.15) is 37.7 Å². The number of carboxylic acid groups (broad SMARTS) is 1. The van der Waals surface area contributed by atoms with Gasteiger partial charge in [-0.1, -0.05) is 25.3 Å². The summed E-state index contributed by atoms with van der Waals surface area (Å²) in [5, 5.41) is 14.3. The van der Waals surface area contributed by atoms with E-state index < -0.39 is 23.4 Å². The number of aryl methyl sites for hydroxylation is 1. The van der Waals surface area contributed by atoms with Crippen LogP contribution in [0.4, 0.5) is 14.9 Å². The maximum absolute atomic E-state index is 13.7. The molecular formula is C15H19FN2O3. The Labute approximate surface area is 122 Å². The van der Waals surface area contributed by atoms with E-state index in [4.69, 9.17) is 0 Å². The maximum Gasteiger partial charge on any atom is 0.329 e. The molecule has 0 radical (unpaired) electrons. The van der Waals surface area contributed by atoms with Crippen molar-refractivity contribution in [1.82, 2.24) is 5.32 Å². The number of halogens is 1. The minimum atomic E-state index is -1.25. The Kier molecular flexibility index (Phi) is 4.45. The van der Waals surface area contributed by atoms with Crippen LogP contribution in [0.25, 0.3) is 0 Å². The Hall–Kier alpha value is -2.11. The van der Waals surface area contributed by atoms with Crippen molar-refractivity contribution in [1.29, 1.82) is 0 Å². The van der Waals surface area contributed by atoms with Crippen molar-refractivity contribution in [3.63, 3.8) is 0 Å². The van der Waals surface area contributed by atoms with Crippen LogP contribution in [0.5, 0.6) is 0 Å². The van der Waals surface area contributed by atoms with Crippen molar-refractivity contribution in [3.05, 3.63) is 29.6 Å². The highest BCUT2D eigenvalue weighted by atomic mass is 19.1. The fourth-order valence-corrected chi connectivity index (χ4v) is 2.64. The molecule has 0 bridgehead atoms. The first-order chi connectivity index (χ1) is 9.93. The third-order valence-electron chi connectivity index (χ3n) is 3.84. The van der Waals surface area contributed by atoms with E-state index in [0.717, 1.165) is 24.8 Å². The van der Waals surface area contributed by atoms with Gasteiger partial charge in [0, 0.05) is 0 Å². The molecule has 1 aliphatic rings. The molecule has 0 atom stereocenters. The van der Waals surface area contributed by atoms with E-state index in [2.05, 4.69) is 10.6 Å². The molecule has 21 heavy (non-hydrogen) atoms. The first-order valence-corrected chi connectivity index (χ1v) is 7.02. The van der Waals surface area contributed by atoms with Crippen LogP contribution in [0, 0.1) is 12.7 Å². The van der Waals surface area contributed by atoms with Gasteiger partial charge in [-0.15, -0.1) is 0 Å². The number of urea groups is 1. The molecule has 0 heterocycles. The quantitative estimate of drug-likeness (QED) is 0.801. The number of anilines is 1. The number of carboxylic acids is 1. The maximum atomic E-state index is 13.7. The first kappa shape index (κ1) is 15.3. The molecule has 1 saturated carbocycles. The predicted octanol–water partition coefficient (Wildman–Crippen LogP) is 3.04. The van der Waals surface area contributed by atoms with Crippen molar-refractivity contribution in [2.75, 3.05) is 5.32 Å². The van der Waals surface area contributed by atoms with Crippen molar-refractivity contribution in [3.8, 4) is 0 Å². The molecule has 1 aromatic carbocycles. The highest BCUT2D eigenvalue weighted by Crippen LogP contribution is 2.28. The molecule has 6 heteroatoms. The predicted molar refractivity (Wildman–Crippen MR) is 76.7 cm³/mol. The molecular weight excluding hydrogens is 275 g/mol. The Morgan fingerprint density at radius 3 is 2.48 bits per heavy atom. The van der Waals surface area contributed by atoms with Crippen LogP contribution in [-0.2, 0) is 4.79 Å². The Balaban J connectivity index is 2.07. The SMILES string of the molecule is Cc1ccc(NC(=O)NC2(C(=O)O)CCCCC2)c(F)c1. The molecule has 2 rings (SSSR count). The molecule has 0 saturated heterocycles. The monoisotopic (exact) mass is 294 g/mol. The molecule has 1 aliphatic carbocycles. The molecule has 114 valence electrons. The third-order valence-corrected chi connectivity index (χ3v) is 3.84. The van der Waals surface area contributed by atoms with Gasteiger partial charge >= 0.3 is 12.0 Å². The lowest BCUT2D eigenvalue weighted by Crippen LogP contribution is -2.56. The number of benzene rings is 1. The number of amides is 2. The summed E-state index contributed by atoms with van der Waals surface area (Å²) in [7, 11) is 0. The van der Waals surface area contributed by atoms with Crippen LogP contribution < -0.4 is 10.6 Å². The third kappa shape index (κ3) is 3.51. The molecule has 5 nitrogen and oxygen atoms in total. The molecule has 1 fully saturated rings. The van der Waals surface area contributed by atoms with E-state index >= 15 is 0 Å². The molecule has 3 N–H and O–H groups in total. The normalized spacial score (nSPS) is 17.0. The van der Waals surface area contributed by atoms with Gasteiger partial charge in [0.25, 0.3) is 0 Å². The van der Waals surface area contributed by atoms with Crippen molar-refractivity contribution in [2.45, 2.75) is 44.6 Å². The summed E-state index contributed by atoms with van der Waals surface area (Å²) in [5.74, 6) is -1.58. The number of aliphatic carboxylic acids is 1. The Morgan fingerprint density at radius 1 is 1.24 bits per heavy atom. The average molecular weight is 294 g/mol. The van der Waals surface area contributed by atoms with Crippen LogP contribution in [0.15, 0.2) is 18.2 Å². The zero-order valence-corrected chi connectivity index (χ0v) is 11.9. The summed E-state index contributed by atoms with van der Waals surface area (Å²) >= 11 is 0. The summed E-state index contributed by atoms with van der Waals surface area (Å²) < 4.78 is 13.7. The van der Waals surface area contributed by atoms with Gasteiger partial charge in [0.15, 0.2) is 0 Å². The van der Waals surface area contributed by atoms with Crippen LogP contribution in [0.3, 0.4) is 0 Å². The van der Waals surface area contributed by atoms with Gasteiger partial charge in [-0.25, -0.2) is 14.0 Å². The fourth-order valence-electron chi connectivity index (χ4n) is 2.64. The van der Waals surface area contributed by atoms with Crippen molar-refractivity contribution in [2.24, 2.45) is 0 Å². The van der Waals surface area contributed by atoms with Crippen molar-refractivity contribution >= 4 is 17.7 Å². The molecule has 0 spiro atoms. The smallest absolute Gasteiger partial charge is 0.329 e. The number of hydrogen-bond donors (Lipinski definition) is 3. The number of nitrogens with one attached hydrogen (secondary N) is 2. The minimum absolute atomic E-state index is 0.0365. The van der Waals surface area contributed by atoms with Gasteiger partial charge in [-0.2, -0.15) is 0 Å². The summed E-state index contributed by atoms with van der Waals surface area (Å²) in [6.45, 7) is 1.74. The van der Waals surface area contributed by atoms with Gasteiger partial charge in [0.1, 0.15) is 11.4 Å². The van der Waals surface area contributed by atoms with E-state index in [1.165, 1.54) is 12.1 Å². The minimum Gasteiger partial charge on any atom is -0.480 e. The van der Waals surface area contributed by atoms with E-state index in [0.29, 0.717) is 12.8 Å². The van der Waals surface area contributed by atoms with Gasteiger partial charge in [0.05, 0.1) is 5.69 Å². The average Bonchev–Trinajstić information content (AvgIpc) is 2.43. The summed E-state index contributed by atoms with van der Waals surface area (Å²) in [6, 6.07) is 3.75. The van der Waals surface area contributed by atoms with Crippen LogP contribution >= 0.6 is 0 Å². The van der Waals surface area contributed by atoms with Gasteiger partial charge in [-0.05, 0) is 37.5 Å². The highest BCUT2D eigenvalue weighted by Gasteiger charge is 2.41. The molecule has 2 amide bonds. The standard InChI is InChI=1S/C15H19FN2O3/c1-10-5-6-12(11(16)9-10)17-14(21)18-15(13(19)20)7-3-2-4-8-15/h5-6,9H,2-4,7-8H2,1H3,(H,19,20)(H2,17,18,21). The lowest BCUT2D eigenvalue weighted by molar-refractivity contribution is -0.145. The molecule has 1 aromatic rings. The zero-order chi connectivity index (χ0) is 15.5. The number of hydrogen-bond acceptors (Lipinski definition) is 2. The van der Waals surface area contributed by atoms with Crippen LogP contribution in [-0.4, -0.2) is 22.6 Å². The molecule has 0 unspecified atom stereocenters. The lowest BCUT2D eigenvalue weighted by Gasteiger charge is -2.33. The Morgan fingerprint density at radius 2 is 1.90 bits per heavy atom. The van der Waals surface area contributed by atoms with Crippen molar-refractivity contribution < 1.29 is 19.1 Å². The number of carbonyl (C=O) groups is 2. The summed E-state index contributed by atoms with van der Waals surface area (Å²) in [6.07, 6.45) is 3.26. The van der Waals surface area contributed by atoms with Gasteiger partial charge < -0.3 is 15.7 Å². The van der Waals surface area contributed by atoms with E-state index in [1.54, 1.807) is 13.0 Å². The Bertz CT molecular complexity index is 554. The fraction of sp³-hybridized carbons (Fsp3) is 0.467. The first-order valence-electron chi connectivity index (χ1n) is 7.02. The topological polar surface area (TPSA) is 78.4 Å². The van der Waals surface area contributed by atoms with E-state index in [1.807, 2.05) is 0 Å². The van der Waals surface area contributed by atoms with E-state index in [-0.39, 0.29) is 5.69 Å². The molecule has 0 aromatic heterocycles. The second-order valence-electron chi connectivity index (χ2n) is 5.51. The second-order valence-corrected chi connectivity index (χ2v) is 5.51. The van der Waals surface area contributed by atoms with Gasteiger partial charge in [-0.3, -0.25) is 0 Å². The number of rotatable bonds is 3.